The Hall–Kier alpha value is 0.380. The first-order chi connectivity index (χ1) is 4.18. The van der Waals surface area contributed by atoms with Crippen LogP contribution in [0.25, 0.3) is 0 Å². The van der Waals surface area contributed by atoms with Crippen LogP contribution in [0.15, 0.2) is 11.6 Å². The van der Waals surface area contributed by atoms with Crippen molar-refractivity contribution in [3.63, 3.8) is 0 Å². The molecule has 0 fully saturated rings. The van der Waals surface area contributed by atoms with E-state index >= 15 is 0 Å². The lowest BCUT2D eigenvalue weighted by atomic mass is 10.1. The lowest BCUT2D eigenvalue weighted by Gasteiger charge is -2.19. The van der Waals surface area contributed by atoms with Crippen LogP contribution in [0.4, 0.5) is 0 Å². The molecule has 0 aromatic heterocycles. The van der Waals surface area contributed by atoms with Gasteiger partial charge in [-0.15, -0.1) is 23.4 Å². The van der Waals surface area contributed by atoms with Crippen LogP contribution in [0.1, 0.15) is 20.3 Å². The maximum atomic E-state index is 5.89. The number of halogens is 1. The molecule has 0 nitrogen and oxygen atoms in total. The molecule has 2 unspecified atom stereocenters. The lowest BCUT2D eigenvalue weighted by Crippen LogP contribution is -2.07. The summed E-state index contributed by atoms with van der Waals surface area (Å²) in [6, 6.07) is 0. The van der Waals surface area contributed by atoms with Crippen molar-refractivity contribution in [3.8, 4) is 0 Å². The zero-order chi connectivity index (χ0) is 6.85. The molecule has 0 saturated heterocycles. The van der Waals surface area contributed by atoms with Crippen LogP contribution in [0.5, 0.6) is 0 Å². The minimum absolute atomic E-state index is 0.216. The average Bonchev–Trinajstić information content (AvgIpc) is 1.59. The standard InChI is InChI=1S/C7H11ClS/c1-5-3-6(2)9-7(8)4-5/h4,6-7H,3H2,1-2H3. The molecule has 0 bridgehead atoms. The van der Waals surface area contributed by atoms with Crippen LogP contribution in [-0.2, 0) is 0 Å². The van der Waals surface area contributed by atoms with Crippen molar-refractivity contribution in [2.45, 2.75) is 30.2 Å². The highest BCUT2D eigenvalue weighted by molar-refractivity contribution is 8.01. The summed E-state index contributed by atoms with van der Waals surface area (Å²) in [5.74, 6) is 0. The van der Waals surface area contributed by atoms with Gasteiger partial charge in [-0.2, -0.15) is 0 Å². The predicted molar refractivity (Wildman–Crippen MR) is 45.1 cm³/mol. The zero-order valence-electron chi connectivity index (χ0n) is 5.73. The summed E-state index contributed by atoms with van der Waals surface area (Å²) < 4.78 is 0.216. The summed E-state index contributed by atoms with van der Waals surface area (Å²) in [6.07, 6.45) is 3.33. The molecule has 0 N–H and O–H groups in total. The fourth-order valence-corrected chi connectivity index (χ4v) is 2.91. The fourth-order valence-electron chi connectivity index (χ4n) is 1.05. The molecular weight excluding hydrogens is 152 g/mol. The average molecular weight is 163 g/mol. The van der Waals surface area contributed by atoms with Crippen LogP contribution in [-0.4, -0.2) is 9.96 Å². The van der Waals surface area contributed by atoms with Gasteiger partial charge in [0.05, 0.1) is 4.71 Å². The Morgan fingerprint density at radius 2 is 2.44 bits per heavy atom. The number of rotatable bonds is 0. The Morgan fingerprint density at radius 1 is 1.78 bits per heavy atom. The second-order valence-corrected chi connectivity index (χ2v) is 4.83. The quantitative estimate of drug-likeness (QED) is 0.390. The first-order valence-corrected chi connectivity index (χ1v) is 4.53. The maximum Gasteiger partial charge on any atom is 0.0975 e. The summed E-state index contributed by atoms with van der Waals surface area (Å²) >= 11 is 7.73. The summed E-state index contributed by atoms with van der Waals surface area (Å²) in [6.45, 7) is 4.36. The topological polar surface area (TPSA) is 0 Å². The van der Waals surface area contributed by atoms with Crippen molar-refractivity contribution in [2.24, 2.45) is 0 Å². The van der Waals surface area contributed by atoms with E-state index < -0.39 is 0 Å². The Labute approximate surface area is 65.7 Å². The highest BCUT2D eigenvalue weighted by atomic mass is 35.5. The third-order valence-electron chi connectivity index (χ3n) is 1.39. The van der Waals surface area contributed by atoms with Gasteiger partial charge in [0.1, 0.15) is 0 Å². The van der Waals surface area contributed by atoms with E-state index in [9.17, 15) is 0 Å². The van der Waals surface area contributed by atoms with Gasteiger partial charge in [-0.1, -0.05) is 18.6 Å². The van der Waals surface area contributed by atoms with Crippen molar-refractivity contribution >= 4 is 23.4 Å². The van der Waals surface area contributed by atoms with Crippen molar-refractivity contribution in [1.82, 2.24) is 0 Å². The van der Waals surface area contributed by atoms with Crippen molar-refractivity contribution < 1.29 is 0 Å². The third-order valence-corrected chi connectivity index (χ3v) is 2.85. The number of thioether (sulfide) groups is 1. The molecule has 9 heavy (non-hydrogen) atoms. The second-order valence-electron chi connectivity index (χ2n) is 2.52. The van der Waals surface area contributed by atoms with E-state index in [1.807, 2.05) is 11.8 Å². The van der Waals surface area contributed by atoms with Gasteiger partial charge in [0.25, 0.3) is 0 Å². The molecular formula is C7H11ClS. The Balaban J connectivity index is 2.56. The molecule has 2 heteroatoms. The molecule has 0 aromatic rings. The van der Waals surface area contributed by atoms with Crippen LogP contribution >= 0.6 is 23.4 Å². The van der Waals surface area contributed by atoms with E-state index in [1.165, 1.54) is 12.0 Å². The van der Waals surface area contributed by atoms with Crippen molar-refractivity contribution in [2.75, 3.05) is 0 Å². The predicted octanol–water partition coefficient (Wildman–Crippen LogP) is 3.02. The van der Waals surface area contributed by atoms with Crippen molar-refractivity contribution in [3.05, 3.63) is 11.6 Å². The van der Waals surface area contributed by atoms with Crippen LogP contribution in [0.3, 0.4) is 0 Å². The maximum absolute atomic E-state index is 5.89. The lowest BCUT2D eigenvalue weighted by molar-refractivity contribution is 0.907. The van der Waals surface area contributed by atoms with Gasteiger partial charge in [-0.25, -0.2) is 0 Å². The number of hydrogen-bond acceptors (Lipinski definition) is 1. The number of alkyl halides is 1. The molecule has 0 spiro atoms. The highest BCUT2D eigenvalue weighted by Crippen LogP contribution is 2.32. The first kappa shape index (κ1) is 7.49. The summed E-state index contributed by atoms with van der Waals surface area (Å²) in [5, 5.41) is 0.706. The number of allylic oxidation sites excluding steroid dienone is 1. The first-order valence-electron chi connectivity index (χ1n) is 3.15. The molecule has 1 aliphatic heterocycles. The summed E-state index contributed by atoms with van der Waals surface area (Å²) in [7, 11) is 0. The summed E-state index contributed by atoms with van der Waals surface area (Å²) in [5.41, 5.74) is 1.43. The normalized spacial score (nSPS) is 36.1. The van der Waals surface area contributed by atoms with E-state index in [4.69, 9.17) is 11.6 Å². The molecule has 0 aromatic carbocycles. The highest BCUT2D eigenvalue weighted by Gasteiger charge is 2.14. The zero-order valence-corrected chi connectivity index (χ0v) is 7.30. The van der Waals surface area contributed by atoms with Crippen LogP contribution < -0.4 is 0 Å². The van der Waals surface area contributed by atoms with Gasteiger partial charge in [0.2, 0.25) is 0 Å². The second kappa shape index (κ2) is 2.98. The third kappa shape index (κ3) is 2.23. The van der Waals surface area contributed by atoms with Gasteiger partial charge >= 0.3 is 0 Å². The smallest absolute Gasteiger partial charge is 0.0975 e. The van der Waals surface area contributed by atoms with E-state index in [0.29, 0.717) is 5.25 Å². The monoisotopic (exact) mass is 162 g/mol. The van der Waals surface area contributed by atoms with Gasteiger partial charge < -0.3 is 0 Å². The molecule has 1 aliphatic rings. The molecule has 0 saturated carbocycles. The number of hydrogen-bond donors (Lipinski definition) is 0. The van der Waals surface area contributed by atoms with E-state index in [1.54, 1.807) is 0 Å². The Kier molecular flexibility index (Phi) is 2.48. The SMILES string of the molecule is CC1=CC(Cl)SC(C)C1. The largest absolute Gasteiger partial charge is 0.135 e. The van der Waals surface area contributed by atoms with Gasteiger partial charge in [0, 0.05) is 5.25 Å². The van der Waals surface area contributed by atoms with Gasteiger partial charge in [-0.05, 0) is 13.3 Å². The van der Waals surface area contributed by atoms with Crippen molar-refractivity contribution in [1.29, 1.82) is 0 Å². The van der Waals surface area contributed by atoms with Crippen LogP contribution in [0, 0.1) is 0 Å². The molecule has 52 valence electrons. The fraction of sp³-hybridized carbons (Fsp3) is 0.714. The Bertz CT molecular complexity index is 131. The Morgan fingerprint density at radius 3 is 2.89 bits per heavy atom. The van der Waals surface area contributed by atoms with Gasteiger partial charge in [0.15, 0.2) is 0 Å². The van der Waals surface area contributed by atoms with E-state index in [-0.39, 0.29) is 4.71 Å². The molecule has 2 atom stereocenters. The molecule has 0 amide bonds. The minimum Gasteiger partial charge on any atom is -0.135 e. The minimum atomic E-state index is 0.216. The molecule has 1 heterocycles. The molecule has 0 aliphatic carbocycles. The summed E-state index contributed by atoms with van der Waals surface area (Å²) in [4.78, 5) is 0. The van der Waals surface area contributed by atoms with E-state index in [0.717, 1.165) is 0 Å². The van der Waals surface area contributed by atoms with Gasteiger partial charge in [-0.3, -0.25) is 0 Å². The van der Waals surface area contributed by atoms with E-state index in [2.05, 4.69) is 19.9 Å². The molecule has 0 radical (unpaired) electrons. The van der Waals surface area contributed by atoms with Crippen LogP contribution in [0.2, 0.25) is 0 Å². The molecule has 1 rings (SSSR count).